The number of ether oxygens (including phenoxy) is 2. The van der Waals surface area contributed by atoms with Gasteiger partial charge in [-0.15, -0.1) is 23.7 Å². The van der Waals surface area contributed by atoms with Gasteiger partial charge in [-0.1, -0.05) is 11.3 Å². The minimum absolute atomic E-state index is 0. The van der Waals surface area contributed by atoms with E-state index < -0.39 is 0 Å². The highest BCUT2D eigenvalue weighted by Gasteiger charge is 2.24. The zero-order valence-electron chi connectivity index (χ0n) is 16.6. The number of carbonyl (C=O) groups excluding carboxylic acids is 1. The van der Waals surface area contributed by atoms with Crippen LogP contribution in [0.15, 0.2) is 28.1 Å². The highest BCUT2D eigenvalue weighted by atomic mass is 79.9. The molecule has 0 saturated heterocycles. The Balaban J connectivity index is 0.00000300. The molecular weight excluding hydrogens is 498 g/mol. The average molecular weight is 521 g/mol. The van der Waals surface area contributed by atoms with E-state index in [9.17, 15) is 4.79 Å². The number of anilines is 1. The number of hydrogen-bond donors (Lipinski definition) is 0. The summed E-state index contributed by atoms with van der Waals surface area (Å²) in [6.45, 7) is 1.46. The Morgan fingerprint density at radius 1 is 1.07 bits per heavy atom. The molecule has 0 N–H and O–H groups in total. The Hall–Kier alpha value is -1.39. The molecule has 0 spiro atoms. The number of benzene rings is 1. The molecule has 0 atom stereocenters. The minimum atomic E-state index is -0.0496. The molecule has 0 unspecified atom stereocenters. The first-order chi connectivity index (χ1) is 13.4. The first-order valence-electron chi connectivity index (χ1n) is 8.68. The third-order valence-corrected chi connectivity index (χ3v) is 6.85. The number of hydrogen-bond acceptors (Lipinski definition) is 7. The topological polar surface area (TPSA) is 54.9 Å². The van der Waals surface area contributed by atoms with E-state index >= 15 is 0 Å². The van der Waals surface area contributed by atoms with Gasteiger partial charge in [0, 0.05) is 6.54 Å². The fourth-order valence-electron chi connectivity index (χ4n) is 2.78. The van der Waals surface area contributed by atoms with Crippen LogP contribution >= 0.6 is 51.0 Å². The van der Waals surface area contributed by atoms with Crippen LogP contribution in [0.3, 0.4) is 0 Å². The van der Waals surface area contributed by atoms with Crippen molar-refractivity contribution in [1.82, 2.24) is 9.88 Å². The molecule has 1 amide bonds. The van der Waals surface area contributed by atoms with Crippen LogP contribution in [-0.4, -0.2) is 57.2 Å². The predicted octanol–water partition coefficient (Wildman–Crippen LogP) is 5.16. The van der Waals surface area contributed by atoms with E-state index in [4.69, 9.17) is 14.5 Å². The molecule has 0 bridgehead atoms. The highest BCUT2D eigenvalue weighted by molar-refractivity contribution is 9.11. The molecule has 3 rings (SSSR count). The fraction of sp³-hybridized carbons (Fsp3) is 0.368. The Bertz CT molecular complexity index is 936. The quantitative estimate of drug-likeness (QED) is 0.411. The maximum Gasteiger partial charge on any atom is 0.270 e. The molecule has 2 aromatic heterocycles. The molecule has 3 aromatic rings. The van der Waals surface area contributed by atoms with Crippen LogP contribution in [0, 0.1) is 0 Å². The number of carbonyl (C=O) groups is 1. The van der Waals surface area contributed by atoms with Crippen LogP contribution < -0.4 is 14.4 Å². The van der Waals surface area contributed by atoms with E-state index in [0.29, 0.717) is 27.8 Å². The number of methoxy groups -OCH3 is 2. The summed E-state index contributed by atoms with van der Waals surface area (Å²) < 4.78 is 12.7. The predicted molar refractivity (Wildman–Crippen MR) is 127 cm³/mol. The molecule has 0 aliphatic heterocycles. The largest absolute Gasteiger partial charge is 0.495 e. The number of rotatable bonds is 8. The van der Waals surface area contributed by atoms with Crippen LogP contribution in [0.4, 0.5) is 5.13 Å². The second-order valence-corrected chi connectivity index (χ2v) is 9.80. The molecule has 29 heavy (non-hydrogen) atoms. The lowest BCUT2D eigenvalue weighted by atomic mass is 10.3. The van der Waals surface area contributed by atoms with Crippen LogP contribution in [0.5, 0.6) is 11.5 Å². The highest BCUT2D eigenvalue weighted by Crippen LogP contribution is 2.40. The van der Waals surface area contributed by atoms with Crippen LogP contribution in [0.1, 0.15) is 16.1 Å². The number of nitrogens with zero attached hydrogens (tertiary/aromatic N) is 3. The maximum atomic E-state index is 13.2. The third-order valence-electron chi connectivity index (χ3n) is 4.15. The fourth-order valence-corrected chi connectivity index (χ4v) is 5.21. The van der Waals surface area contributed by atoms with Gasteiger partial charge in [-0.05, 0) is 67.3 Å². The minimum Gasteiger partial charge on any atom is -0.495 e. The van der Waals surface area contributed by atoms with Crippen molar-refractivity contribution in [2.45, 2.75) is 6.42 Å². The number of halogens is 2. The van der Waals surface area contributed by atoms with Gasteiger partial charge in [-0.3, -0.25) is 9.69 Å². The summed E-state index contributed by atoms with van der Waals surface area (Å²) in [5.41, 5.74) is 0.708. The Labute approximate surface area is 193 Å². The van der Waals surface area contributed by atoms with E-state index in [0.717, 1.165) is 27.2 Å². The number of thiophene rings is 1. The number of amides is 1. The van der Waals surface area contributed by atoms with Crippen molar-refractivity contribution in [3.05, 3.63) is 32.9 Å². The van der Waals surface area contributed by atoms with E-state index in [2.05, 4.69) is 20.8 Å². The van der Waals surface area contributed by atoms with Crippen molar-refractivity contribution in [1.29, 1.82) is 0 Å². The zero-order valence-corrected chi connectivity index (χ0v) is 20.6. The lowest BCUT2D eigenvalue weighted by Crippen LogP contribution is -2.32. The lowest BCUT2D eigenvalue weighted by molar-refractivity contribution is 0.0990. The summed E-state index contributed by atoms with van der Waals surface area (Å²) >= 11 is 6.30. The summed E-state index contributed by atoms with van der Waals surface area (Å²) in [5, 5.41) is 0.645. The van der Waals surface area contributed by atoms with Gasteiger partial charge in [0.05, 0.1) is 22.9 Å². The SMILES string of the molecule is COc1ccc(OC)c2sc(N(CCCN(C)C)C(=O)c3ccc(Br)s3)nc12.Cl. The van der Waals surface area contributed by atoms with Gasteiger partial charge in [-0.25, -0.2) is 4.98 Å². The second kappa shape index (κ2) is 10.6. The van der Waals surface area contributed by atoms with Crippen molar-refractivity contribution in [2.75, 3.05) is 46.3 Å². The van der Waals surface area contributed by atoms with E-state index in [-0.39, 0.29) is 18.3 Å². The average Bonchev–Trinajstić information content (AvgIpc) is 3.30. The molecule has 1 aromatic carbocycles. The maximum absolute atomic E-state index is 13.2. The van der Waals surface area contributed by atoms with Crippen LogP contribution in [-0.2, 0) is 0 Å². The van der Waals surface area contributed by atoms with Gasteiger partial charge in [-0.2, -0.15) is 0 Å². The molecule has 158 valence electrons. The number of fused-ring (bicyclic) bond motifs is 1. The van der Waals surface area contributed by atoms with Gasteiger partial charge >= 0.3 is 0 Å². The van der Waals surface area contributed by atoms with Gasteiger partial charge < -0.3 is 14.4 Å². The van der Waals surface area contributed by atoms with Crippen LogP contribution in [0.25, 0.3) is 10.2 Å². The van der Waals surface area contributed by atoms with Gasteiger partial charge in [0.15, 0.2) is 5.13 Å². The summed E-state index contributed by atoms with van der Waals surface area (Å²) in [6, 6.07) is 7.42. The number of thiazole rings is 1. The van der Waals surface area contributed by atoms with Crippen LogP contribution in [0.2, 0.25) is 0 Å². The third kappa shape index (κ3) is 5.40. The Morgan fingerprint density at radius 3 is 2.34 bits per heavy atom. The van der Waals surface area contributed by atoms with Crippen molar-refractivity contribution >= 4 is 72.3 Å². The molecule has 6 nitrogen and oxygen atoms in total. The van der Waals surface area contributed by atoms with E-state index in [1.54, 1.807) is 19.1 Å². The monoisotopic (exact) mass is 519 g/mol. The first-order valence-corrected chi connectivity index (χ1v) is 11.1. The molecule has 0 radical (unpaired) electrons. The molecular formula is C19H23BrClN3O3S2. The Morgan fingerprint density at radius 2 is 1.76 bits per heavy atom. The molecule has 10 heteroatoms. The molecule has 0 saturated carbocycles. The molecule has 2 heterocycles. The van der Waals surface area contributed by atoms with Crippen molar-refractivity contribution < 1.29 is 14.3 Å². The second-order valence-electron chi connectivity index (χ2n) is 6.36. The first kappa shape index (κ1) is 23.9. The van der Waals surface area contributed by atoms with E-state index in [1.165, 1.54) is 22.7 Å². The van der Waals surface area contributed by atoms with Crippen molar-refractivity contribution in [2.24, 2.45) is 0 Å². The van der Waals surface area contributed by atoms with Crippen molar-refractivity contribution in [3.63, 3.8) is 0 Å². The molecule has 0 fully saturated rings. The summed E-state index contributed by atoms with van der Waals surface area (Å²) in [4.78, 5) is 22.5. The molecule has 0 aliphatic carbocycles. The van der Waals surface area contributed by atoms with Gasteiger partial charge in [0.1, 0.15) is 21.7 Å². The summed E-state index contributed by atoms with van der Waals surface area (Å²) in [6.07, 6.45) is 0.843. The zero-order chi connectivity index (χ0) is 20.3. The van der Waals surface area contributed by atoms with Crippen molar-refractivity contribution in [3.8, 4) is 11.5 Å². The van der Waals surface area contributed by atoms with E-state index in [1.807, 2.05) is 38.4 Å². The summed E-state index contributed by atoms with van der Waals surface area (Å²) in [7, 11) is 7.29. The molecule has 0 aliphatic rings. The normalized spacial score (nSPS) is 10.8. The van der Waals surface area contributed by atoms with Gasteiger partial charge in [0.25, 0.3) is 5.91 Å². The smallest absolute Gasteiger partial charge is 0.270 e. The standard InChI is InChI=1S/C19H22BrN3O3S2.ClH/c1-22(2)10-5-11-23(18(24)14-8-9-15(20)27-14)19-21-16-12(25-3)6-7-13(26-4)17(16)28-19;/h6-9H,5,10-11H2,1-4H3;1H. The summed E-state index contributed by atoms with van der Waals surface area (Å²) in [5.74, 6) is 1.34. The lowest BCUT2D eigenvalue weighted by Gasteiger charge is -2.20. The number of aromatic nitrogens is 1. The van der Waals surface area contributed by atoms with Gasteiger partial charge in [0.2, 0.25) is 0 Å². The Kier molecular flexibility index (Phi) is 8.72.